The summed E-state index contributed by atoms with van der Waals surface area (Å²) in [5.41, 5.74) is 7.09. The number of ether oxygens (including phenoxy) is 1. The maximum Gasteiger partial charge on any atom is 0.264 e. The van der Waals surface area contributed by atoms with Gasteiger partial charge in [-0.25, -0.2) is 0 Å². The summed E-state index contributed by atoms with van der Waals surface area (Å²) in [5, 5.41) is 0. The lowest BCUT2D eigenvalue weighted by molar-refractivity contribution is -0.120. The van der Waals surface area contributed by atoms with Gasteiger partial charge >= 0.3 is 0 Å². The number of nitrogens with two attached hydrogens (primary N) is 1. The highest BCUT2D eigenvalue weighted by Crippen LogP contribution is 2.20. The van der Waals surface area contributed by atoms with Crippen LogP contribution in [0.5, 0.6) is 5.75 Å². The maximum atomic E-state index is 12.2. The first kappa shape index (κ1) is 13.9. The number of carbonyl (C=O) groups excluding carboxylic acids is 1. The molecule has 5 heteroatoms. The van der Waals surface area contributed by atoms with Gasteiger partial charge in [-0.2, -0.15) is 0 Å². The smallest absolute Gasteiger partial charge is 0.264 e. The SMILES string of the molecule is CCN(C(=O)COc1ccccc1N)c1ccncc1. The molecule has 0 radical (unpaired) electrons. The lowest BCUT2D eigenvalue weighted by Gasteiger charge is -2.21. The Bertz CT molecular complexity index is 572. The summed E-state index contributed by atoms with van der Waals surface area (Å²) >= 11 is 0. The zero-order valence-electron chi connectivity index (χ0n) is 11.3. The van der Waals surface area contributed by atoms with E-state index in [-0.39, 0.29) is 12.5 Å². The van der Waals surface area contributed by atoms with E-state index in [0.29, 0.717) is 18.0 Å². The molecule has 0 aliphatic carbocycles. The van der Waals surface area contributed by atoms with Gasteiger partial charge in [0.1, 0.15) is 5.75 Å². The van der Waals surface area contributed by atoms with Crippen LogP contribution >= 0.6 is 0 Å². The average Bonchev–Trinajstić information content (AvgIpc) is 2.48. The minimum absolute atomic E-state index is 0.0512. The Balaban J connectivity index is 2.02. The molecule has 0 atom stereocenters. The van der Waals surface area contributed by atoms with Gasteiger partial charge in [0.05, 0.1) is 5.69 Å². The van der Waals surface area contributed by atoms with Gasteiger partial charge in [0.15, 0.2) is 6.61 Å². The van der Waals surface area contributed by atoms with E-state index in [1.807, 2.05) is 19.1 Å². The molecule has 1 amide bonds. The number of carbonyl (C=O) groups is 1. The summed E-state index contributed by atoms with van der Waals surface area (Å²) in [6.45, 7) is 2.43. The van der Waals surface area contributed by atoms with Crippen LogP contribution in [0.25, 0.3) is 0 Å². The van der Waals surface area contributed by atoms with Crippen LogP contribution in [0.3, 0.4) is 0 Å². The largest absolute Gasteiger partial charge is 0.482 e. The summed E-state index contributed by atoms with van der Waals surface area (Å²) in [6, 6.07) is 10.7. The number of benzene rings is 1. The summed E-state index contributed by atoms with van der Waals surface area (Å²) in [4.78, 5) is 17.8. The van der Waals surface area contributed by atoms with Crippen molar-refractivity contribution in [1.29, 1.82) is 0 Å². The van der Waals surface area contributed by atoms with E-state index in [2.05, 4.69) is 4.98 Å². The molecule has 2 aromatic rings. The van der Waals surface area contributed by atoms with E-state index >= 15 is 0 Å². The zero-order valence-corrected chi connectivity index (χ0v) is 11.3. The van der Waals surface area contributed by atoms with Crippen molar-refractivity contribution in [3.05, 3.63) is 48.8 Å². The monoisotopic (exact) mass is 271 g/mol. The van der Waals surface area contributed by atoms with E-state index in [1.54, 1.807) is 41.6 Å². The molecule has 1 aromatic carbocycles. The predicted octanol–water partition coefficient (Wildman–Crippen LogP) is 2.10. The van der Waals surface area contributed by atoms with Gasteiger partial charge in [0.2, 0.25) is 0 Å². The van der Waals surface area contributed by atoms with Crippen LogP contribution < -0.4 is 15.4 Å². The highest BCUT2D eigenvalue weighted by atomic mass is 16.5. The quantitative estimate of drug-likeness (QED) is 0.845. The van der Waals surface area contributed by atoms with Gasteiger partial charge in [-0.1, -0.05) is 12.1 Å². The molecule has 0 aliphatic rings. The van der Waals surface area contributed by atoms with Crippen LogP contribution in [0, 0.1) is 0 Å². The van der Waals surface area contributed by atoms with Gasteiger partial charge in [-0.05, 0) is 31.2 Å². The third kappa shape index (κ3) is 3.26. The molecule has 1 aromatic heterocycles. The average molecular weight is 271 g/mol. The predicted molar refractivity (Wildman–Crippen MR) is 78.6 cm³/mol. The maximum absolute atomic E-state index is 12.2. The minimum Gasteiger partial charge on any atom is -0.482 e. The molecule has 0 bridgehead atoms. The van der Waals surface area contributed by atoms with Crippen LogP contribution in [-0.2, 0) is 4.79 Å². The number of hydrogen-bond donors (Lipinski definition) is 1. The Hall–Kier alpha value is -2.56. The second kappa shape index (κ2) is 6.56. The van der Waals surface area contributed by atoms with Crippen LogP contribution in [0.4, 0.5) is 11.4 Å². The molecule has 0 fully saturated rings. The lowest BCUT2D eigenvalue weighted by Crippen LogP contribution is -2.34. The van der Waals surface area contributed by atoms with Crippen molar-refractivity contribution < 1.29 is 9.53 Å². The number of likely N-dealkylation sites (N-methyl/N-ethyl adjacent to an activating group) is 1. The number of nitrogen functional groups attached to an aromatic ring is 1. The van der Waals surface area contributed by atoms with Gasteiger partial charge in [0, 0.05) is 24.6 Å². The molecule has 0 unspecified atom stereocenters. The van der Waals surface area contributed by atoms with Crippen molar-refractivity contribution in [2.45, 2.75) is 6.92 Å². The van der Waals surface area contributed by atoms with Gasteiger partial charge < -0.3 is 15.4 Å². The molecule has 20 heavy (non-hydrogen) atoms. The minimum atomic E-state index is -0.123. The third-order valence-corrected chi connectivity index (χ3v) is 2.86. The number of nitrogens with zero attached hydrogens (tertiary/aromatic N) is 2. The van der Waals surface area contributed by atoms with E-state index < -0.39 is 0 Å². The Kier molecular flexibility index (Phi) is 4.55. The molecule has 0 spiro atoms. The summed E-state index contributed by atoms with van der Waals surface area (Å²) in [5.74, 6) is 0.397. The highest BCUT2D eigenvalue weighted by Gasteiger charge is 2.14. The van der Waals surface area contributed by atoms with Crippen molar-refractivity contribution in [3.8, 4) is 5.75 Å². The van der Waals surface area contributed by atoms with E-state index in [9.17, 15) is 4.79 Å². The lowest BCUT2D eigenvalue weighted by atomic mass is 10.3. The van der Waals surface area contributed by atoms with Crippen molar-refractivity contribution in [2.24, 2.45) is 0 Å². The molecule has 1 heterocycles. The number of rotatable bonds is 5. The molecule has 0 aliphatic heterocycles. The molecule has 2 N–H and O–H groups in total. The normalized spacial score (nSPS) is 10.1. The topological polar surface area (TPSA) is 68.5 Å². The van der Waals surface area contributed by atoms with Crippen LogP contribution in [0.2, 0.25) is 0 Å². The number of pyridine rings is 1. The van der Waals surface area contributed by atoms with Gasteiger partial charge in [-0.3, -0.25) is 9.78 Å². The molecule has 104 valence electrons. The van der Waals surface area contributed by atoms with E-state index in [4.69, 9.17) is 10.5 Å². The Morgan fingerprint density at radius 1 is 1.25 bits per heavy atom. The van der Waals surface area contributed by atoms with Crippen LogP contribution in [-0.4, -0.2) is 24.0 Å². The van der Waals surface area contributed by atoms with Crippen molar-refractivity contribution in [2.75, 3.05) is 23.8 Å². The van der Waals surface area contributed by atoms with Crippen molar-refractivity contribution in [1.82, 2.24) is 4.98 Å². The molecular formula is C15H17N3O2. The second-order valence-corrected chi connectivity index (χ2v) is 4.17. The van der Waals surface area contributed by atoms with E-state index in [1.165, 1.54) is 0 Å². The first-order valence-electron chi connectivity index (χ1n) is 6.40. The van der Waals surface area contributed by atoms with Gasteiger partial charge in [-0.15, -0.1) is 0 Å². The highest BCUT2D eigenvalue weighted by molar-refractivity contribution is 5.94. The summed E-state index contributed by atoms with van der Waals surface area (Å²) in [7, 11) is 0. The standard InChI is InChI=1S/C15H17N3O2/c1-2-18(12-7-9-17-10-8-12)15(19)11-20-14-6-4-3-5-13(14)16/h3-10H,2,11,16H2,1H3. The van der Waals surface area contributed by atoms with Crippen molar-refractivity contribution >= 4 is 17.3 Å². The first-order chi connectivity index (χ1) is 9.72. The number of anilines is 2. The Morgan fingerprint density at radius 3 is 2.60 bits per heavy atom. The number of amides is 1. The number of hydrogen-bond acceptors (Lipinski definition) is 4. The fraction of sp³-hybridized carbons (Fsp3) is 0.200. The van der Waals surface area contributed by atoms with E-state index in [0.717, 1.165) is 5.69 Å². The second-order valence-electron chi connectivity index (χ2n) is 4.17. The fourth-order valence-electron chi connectivity index (χ4n) is 1.86. The third-order valence-electron chi connectivity index (χ3n) is 2.86. The van der Waals surface area contributed by atoms with Gasteiger partial charge in [0.25, 0.3) is 5.91 Å². The van der Waals surface area contributed by atoms with Crippen LogP contribution in [0.15, 0.2) is 48.8 Å². The first-order valence-corrected chi connectivity index (χ1v) is 6.40. The fourth-order valence-corrected chi connectivity index (χ4v) is 1.86. The Labute approximate surface area is 118 Å². The molecular weight excluding hydrogens is 254 g/mol. The number of para-hydroxylation sites is 2. The summed E-state index contributed by atoms with van der Waals surface area (Å²) in [6.07, 6.45) is 3.31. The zero-order chi connectivity index (χ0) is 14.4. The van der Waals surface area contributed by atoms with Crippen molar-refractivity contribution in [3.63, 3.8) is 0 Å². The molecule has 2 rings (SSSR count). The molecule has 5 nitrogen and oxygen atoms in total. The van der Waals surface area contributed by atoms with Crippen LogP contribution in [0.1, 0.15) is 6.92 Å². The Morgan fingerprint density at radius 2 is 1.95 bits per heavy atom. The molecule has 0 saturated carbocycles. The molecule has 0 saturated heterocycles. The number of aromatic nitrogens is 1. The summed E-state index contributed by atoms with van der Waals surface area (Å²) < 4.78 is 5.47.